The highest BCUT2D eigenvalue weighted by Gasteiger charge is 1.96. The van der Waals surface area contributed by atoms with Crippen molar-refractivity contribution in [3.8, 4) is 0 Å². The van der Waals surface area contributed by atoms with Gasteiger partial charge in [0.05, 0.1) is 0 Å². The number of hydrogen-bond donors (Lipinski definition) is 3. The summed E-state index contributed by atoms with van der Waals surface area (Å²) in [6.45, 7) is 1.87. The highest BCUT2D eigenvalue weighted by molar-refractivity contribution is 5.02. The van der Waals surface area contributed by atoms with Crippen molar-refractivity contribution < 1.29 is 0 Å². The van der Waals surface area contributed by atoms with Crippen LogP contribution in [-0.4, -0.2) is 13.1 Å². The van der Waals surface area contributed by atoms with Gasteiger partial charge in [0.1, 0.15) is 0 Å². The van der Waals surface area contributed by atoms with Gasteiger partial charge in [0, 0.05) is 25.0 Å². The minimum atomic E-state index is 0.00463. The third-order valence-corrected chi connectivity index (χ3v) is 0.959. The van der Waals surface area contributed by atoms with Crippen LogP contribution in [-0.2, 0) is 0 Å². The quantitative estimate of drug-likeness (QED) is 0.448. The molecule has 1 atom stereocenters. The topological polar surface area (TPSA) is 64.1 Å². The fraction of sp³-hybridized carbons (Fsp3) is 0.600. The van der Waals surface area contributed by atoms with Gasteiger partial charge < -0.3 is 16.8 Å². The predicted octanol–water partition coefficient (Wildman–Crippen LogP) is -0.647. The molecule has 0 fully saturated rings. The van der Waals surface area contributed by atoms with Gasteiger partial charge in [0.2, 0.25) is 0 Å². The lowest BCUT2D eigenvalue weighted by molar-refractivity contribution is 0.769. The summed E-state index contributed by atoms with van der Waals surface area (Å²) in [5.74, 6) is 0. The molecule has 0 spiro atoms. The Balaban J connectivity index is 3.72. The molecule has 8 heavy (non-hydrogen) atoms. The molecule has 0 aromatic carbocycles. The van der Waals surface area contributed by atoms with Crippen LogP contribution in [0.4, 0.5) is 0 Å². The molecule has 0 aliphatic carbocycles. The summed E-state index contributed by atoms with van der Waals surface area (Å²) in [5, 5.41) is 2.86. The largest absolute Gasteiger partial charge is 0.403 e. The molecule has 0 radical (unpaired) electrons. The number of nitrogens with two attached hydrogens (primary N) is 2. The zero-order valence-corrected chi connectivity index (χ0v) is 5.31. The van der Waals surface area contributed by atoms with Crippen molar-refractivity contribution in [1.82, 2.24) is 5.32 Å². The van der Waals surface area contributed by atoms with E-state index >= 15 is 0 Å². The van der Waals surface area contributed by atoms with E-state index in [0.717, 1.165) is 5.70 Å². The van der Waals surface area contributed by atoms with E-state index in [2.05, 4.69) is 5.32 Å². The fourth-order valence-electron chi connectivity index (χ4n) is 0.463. The standard InChI is InChI=1S/C5H13N3/c1-4(7)5(3-6)8-2/h3-4,8H,6-7H2,1-2H3/b5-3-. The third kappa shape index (κ3) is 1.84. The highest BCUT2D eigenvalue weighted by atomic mass is 14.9. The monoisotopic (exact) mass is 115 g/mol. The Kier molecular flexibility index (Phi) is 3.03. The van der Waals surface area contributed by atoms with Crippen LogP contribution in [0, 0.1) is 0 Å². The molecule has 0 amide bonds. The Morgan fingerprint density at radius 3 is 2.25 bits per heavy atom. The molecule has 0 bridgehead atoms. The Labute approximate surface area is 49.7 Å². The molecular weight excluding hydrogens is 102 g/mol. The molecule has 5 N–H and O–H groups in total. The zero-order valence-electron chi connectivity index (χ0n) is 5.31. The van der Waals surface area contributed by atoms with Crippen LogP contribution in [0.2, 0.25) is 0 Å². The summed E-state index contributed by atoms with van der Waals surface area (Å²) < 4.78 is 0. The van der Waals surface area contributed by atoms with E-state index in [1.54, 1.807) is 7.05 Å². The van der Waals surface area contributed by atoms with Crippen molar-refractivity contribution in [2.45, 2.75) is 13.0 Å². The van der Waals surface area contributed by atoms with Crippen molar-refractivity contribution in [3.63, 3.8) is 0 Å². The SMILES string of the molecule is CN/C(=C\N)C(C)N. The molecule has 0 aromatic heterocycles. The van der Waals surface area contributed by atoms with Crippen LogP contribution < -0.4 is 16.8 Å². The van der Waals surface area contributed by atoms with E-state index in [4.69, 9.17) is 11.5 Å². The maximum absolute atomic E-state index is 5.45. The molecule has 0 saturated heterocycles. The second-order valence-corrected chi connectivity index (χ2v) is 1.66. The maximum atomic E-state index is 5.45. The third-order valence-electron chi connectivity index (χ3n) is 0.959. The molecular formula is C5H13N3. The van der Waals surface area contributed by atoms with Crippen molar-refractivity contribution >= 4 is 0 Å². The average molecular weight is 115 g/mol. The molecule has 3 nitrogen and oxygen atoms in total. The van der Waals surface area contributed by atoms with Crippen LogP contribution >= 0.6 is 0 Å². The van der Waals surface area contributed by atoms with E-state index in [1.807, 2.05) is 6.92 Å². The Morgan fingerprint density at radius 1 is 1.75 bits per heavy atom. The minimum Gasteiger partial charge on any atom is -0.403 e. The van der Waals surface area contributed by atoms with Gasteiger partial charge in [-0.1, -0.05) is 0 Å². The van der Waals surface area contributed by atoms with Crippen LogP contribution in [0.25, 0.3) is 0 Å². The molecule has 0 aromatic rings. The zero-order chi connectivity index (χ0) is 6.57. The Hall–Kier alpha value is -0.700. The summed E-state index contributed by atoms with van der Waals surface area (Å²) in [7, 11) is 1.79. The van der Waals surface area contributed by atoms with Crippen molar-refractivity contribution in [2.75, 3.05) is 7.05 Å². The molecule has 0 aliphatic heterocycles. The highest BCUT2D eigenvalue weighted by Crippen LogP contribution is 1.87. The van der Waals surface area contributed by atoms with Gasteiger partial charge in [0.15, 0.2) is 0 Å². The van der Waals surface area contributed by atoms with Gasteiger partial charge in [-0.25, -0.2) is 0 Å². The molecule has 1 unspecified atom stereocenters. The van der Waals surface area contributed by atoms with Gasteiger partial charge in [-0.3, -0.25) is 0 Å². The second kappa shape index (κ2) is 3.32. The number of hydrogen-bond acceptors (Lipinski definition) is 3. The number of likely N-dealkylation sites (N-methyl/N-ethyl adjacent to an activating group) is 1. The summed E-state index contributed by atoms with van der Waals surface area (Å²) in [4.78, 5) is 0. The van der Waals surface area contributed by atoms with Crippen molar-refractivity contribution in [1.29, 1.82) is 0 Å². The first-order chi connectivity index (χ1) is 3.72. The van der Waals surface area contributed by atoms with Gasteiger partial charge >= 0.3 is 0 Å². The Bertz CT molecular complexity index is 85.7. The maximum Gasteiger partial charge on any atom is 0.0430 e. The van der Waals surface area contributed by atoms with E-state index in [-0.39, 0.29) is 6.04 Å². The molecule has 3 heteroatoms. The molecule has 0 rings (SSSR count). The lowest BCUT2D eigenvalue weighted by Crippen LogP contribution is -2.27. The van der Waals surface area contributed by atoms with Gasteiger partial charge in [-0.2, -0.15) is 0 Å². The van der Waals surface area contributed by atoms with Gasteiger partial charge in [0.25, 0.3) is 0 Å². The summed E-state index contributed by atoms with van der Waals surface area (Å²) in [6, 6.07) is 0.00463. The summed E-state index contributed by atoms with van der Waals surface area (Å²) in [5.41, 5.74) is 11.5. The Morgan fingerprint density at radius 2 is 2.25 bits per heavy atom. The molecule has 48 valence electrons. The lowest BCUT2D eigenvalue weighted by Gasteiger charge is -2.07. The van der Waals surface area contributed by atoms with E-state index in [1.165, 1.54) is 6.20 Å². The van der Waals surface area contributed by atoms with Crippen LogP contribution in [0.3, 0.4) is 0 Å². The fourth-order valence-corrected chi connectivity index (χ4v) is 0.463. The molecule has 0 aliphatic rings. The van der Waals surface area contributed by atoms with Crippen LogP contribution in [0.5, 0.6) is 0 Å². The number of rotatable bonds is 2. The first-order valence-corrected chi connectivity index (χ1v) is 2.57. The van der Waals surface area contributed by atoms with Crippen LogP contribution in [0.1, 0.15) is 6.92 Å². The van der Waals surface area contributed by atoms with E-state index < -0.39 is 0 Å². The smallest absolute Gasteiger partial charge is 0.0430 e. The second-order valence-electron chi connectivity index (χ2n) is 1.66. The molecule has 0 saturated carbocycles. The van der Waals surface area contributed by atoms with Gasteiger partial charge in [-0.05, 0) is 6.92 Å². The first-order valence-electron chi connectivity index (χ1n) is 2.57. The normalized spacial score (nSPS) is 15.6. The van der Waals surface area contributed by atoms with Crippen molar-refractivity contribution in [2.24, 2.45) is 11.5 Å². The van der Waals surface area contributed by atoms with E-state index in [0.29, 0.717) is 0 Å². The average Bonchev–Trinajstić information content (AvgIpc) is 1.69. The molecule has 0 heterocycles. The van der Waals surface area contributed by atoms with Crippen LogP contribution in [0.15, 0.2) is 11.9 Å². The minimum absolute atomic E-state index is 0.00463. The predicted molar refractivity (Wildman–Crippen MR) is 35.0 cm³/mol. The van der Waals surface area contributed by atoms with Crippen molar-refractivity contribution in [3.05, 3.63) is 11.9 Å². The lowest BCUT2D eigenvalue weighted by atomic mass is 10.3. The van der Waals surface area contributed by atoms with E-state index in [9.17, 15) is 0 Å². The van der Waals surface area contributed by atoms with Gasteiger partial charge in [-0.15, -0.1) is 0 Å². The summed E-state index contributed by atoms with van der Waals surface area (Å²) in [6.07, 6.45) is 1.48. The first kappa shape index (κ1) is 7.30. The summed E-state index contributed by atoms with van der Waals surface area (Å²) >= 11 is 0. The number of nitrogens with one attached hydrogen (secondary N) is 1.